The summed E-state index contributed by atoms with van der Waals surface area (Å²) in [6.45, 7) is 6.03. The molecule has 2 rings (SSSR count). The molecule has 1 aliphatic rings. The van der Waals surface area contributed by atoms with Crippen molar-refractivity contribution in [3.63, 3.8) is 0 Å². The molecular formula is C16H24BrNO. The summed E-state index contributed by atoms with van der Waals surface area (Å²) in [4.78, 5) is 0. The topological polar surface area (TPSA) is 21.3 Å². The number of nitrogens with one attached hydrogen (secondary N) is 1. The van der Waals surface area contributed by atoms with Crippen LogP contribution < -0.4 is 10.1 Å². The van der Waals surface area contributed by atoms with Crippen LogP contribution in [0.5, 0.6) is 5.75 Å². The fourth-order valence-corrected chi connectivity index (χ4v) is 3.01. The highest BCUT2D eigenvalue weighted by Crippen LogP contribution is 2.39. The van der Waals surface area contributed by atoms with Gasteiger partial charge in [-0.1, -0.05) is 41.8 Å². The Hall–Kier alpha value is -0.540. The van der Waals surface area contributed by atoms with Crippen molar-refractivity contribution < 1.29 is 4.74 Å². The Morgan fingerprint density at radius 2 is 2.16 bits per heavy atom. The molecule has 106 valence electrons. The van der Waals surface area contributed by atoms with Gasteiger partial charge >= 0.3 is 0 Å². The first-order valence-corrected chi connectivity index (χ1v) is 8.19. The van der Waals surface area contributed by atoms with Gasteiger partial charge in [0.1, 0.15) is 5.75 Å². The molecule has 0 bridgehead atoms. The lowest BCUT2D eigenvalue weighted by atomic mass is 10.0. The van der Waals surface area contributed by atoms with Gasteiger partial charge in [0, 0.05) is 10.5 Å². The minimum absolute atomic E-state index is 0.470. The van der Waals surface area contributed by atoms with Crippen LogP contribution in [-0.4, -0.2) is 13.2 Å². The van der Waals surface area contributed by atoms with Crippen molar-refractivity contribution in [2.24, 2.45) is 5.92 Å². The third-order valence-corrected chi connectivity index (χ3v) is 4.25. The predicted molar refractivity (Wildman–Crippen MR) is 83.7 cm³/mol. The van der Waals surface area contributed by atoms with E-state index < -0.39 is 0 Å². The van der Waals surface area contributed by atoms with E-state index in [1.807, 2.05) is 6.92 Å². The zero-order chi connectivity index (χ0) is 13.7. The van der Waals surface area contributed by atoms with Crippen LogP contribution in [0, 0.1) is 5.92 Å². The van der Waals surface area contributed by atoms with E-state index in [1.54, 1.807) is 0 Å². The van der Waals surface area contributed by atoms with E-state index in [9.17, 15) is 0 Å². The molecule has 3 heteroatoms. The summed E-state index contributed by atoms with van der Waals surface area (Å²) in [5, 5.41) is 3.68. The van der Waals surface area contributed by atoms with Gasteiger partial charge in [0.15, 0.2) is 0 Å². The molecule has 1 aliphatic carbocycles. The molecule has 0 amide bonds. The van der Waals surface area contributed by atoms with Crippen molar-refractivity contribution >= 4 is 15.9 Å². The molecular weight excluding hydrogens is 302 g/mol. The summed E-state index contributed by atoms with van der Waals surface area (Å²) in [5.74, 6) is 1.87. The van der Waals surface area contributed by atoms with Crippen LogP contribution in [0.1, 0.15) is 51.1 Å². The summed E-state index contributed by atoms with van der Waals surface area (Å²) in [6, 6.07) is 6.84. The van der Waals surface area contributed by atoms with E-state index >= 15 is 0 Å². The number of benzene rings is 1. The highest BCUT2D eigenvalue weighted by Gasteiger charge is 2.26. The minimum Gasteiger partial charge on any atom is -0.494 e. The van der Waals surface area contributed by atoms with Gasteiger partial charge in [0.2, 0.25) is 0 Å². The first-order valence-electron chi connectivity index (χ1n) is 7.40. The fraction of sp³-hybridized carbons (Fsp3) is 0.625. The lowest BCUT2D eigenvalue weighted by molar-refractivity contribution is 0.339. The molecule has 0 saturated heterocycles. The standard InChI is InChI=1S/C16H24BrNO/c1-3-9-18-16(10-12-5-6-12)14-8-7-13(19-4-2)11-15(14)17/h7-8,11-12,16,18H,3-6,9-10H2,1-2H3. The van der Waals surface area contributed by atoms with Gasteiger partial charge in [-0.2, -0.15) is 0 Å². The zero-order valence-corrected chi connectivity index (χ0v) is 13.5. The maximum absolute atomic E-state index is 5.55. The van der Waals surface area contributed by atoms with Crippen LogP contribution in [-0.2, 0) is 0 Å². The maximum atomic E-state index is 5.55. The molecule has 0 radical (unpaired) electrons. The Kier molecular flexibility index (Phi) is 5.71. The van der Waals surface area contributed by atoms with E-state index in [-0.39, 0.29) is 0 Å². The van der Waals surface area contributed by atoms with Crippen LogP contribution >= 0.6 is 15.9 Å². The van der Waals surface area contributed by atoms with Crippen molar-refractivity contribution in [1.82, 2.24) is 5.32 Å². The largest absolute Gasteiger partial charge is 0.494 e. The number of hydrogen-bond acceptors (Lipinski definition) is 2. The smallest absolute Gasteiger partial charge is 0.120 e. The molecule has 1 aromatic carbocycles. The Balaban J connectivity index is 2.09. The first kappa shape index (κ1) is 14.9. The van der Waals surface area contributed by atoms with Gasteiger partial charge in [-0.05, 0) is 49.9 Å². The molecule has 1 aromatic rings. The van der Waals surface area contributed by atoms with Crippen molar-refractivity contribution in [1.29, 1.82) is 0 Å². The van der Waals surface area contributed by atoms with Crippen LogP contribution in [0.15, 0.2) is 22.7 Å². The van der Waals surface area contributed by atoms with E-state index in [1.165, 1.54) is 31.2 Å². The summed E-state index contributed by atoms with van der Waals surface area (Å²) in [7, 11) is 0. The summed E-state index contributed by atoms with van der Waals surface area (Å²) in [6.07, 6.45) is 5.24. The molecule has 2 nitrogen and oxygen atoms in total. The Bertz CT molecular complexity index is 404. The third kappa shape index (κ3) is 4.50. The second kappa shape index (κ2) is 7.30. The van der Waals surface area contributed by atoms with E-state index in [2.05, 4.69) is 46.4 Å². The van der Waals surface area contributed by atoms with Crippen LogP contribution in [0.2, 0.25) is 0 Å². The normalized spacial score (nSPS) is 16.4. The summed E-state index contributed by atoms with van der Waals surface area (Å²) < 4.78 is 6.71. The van der Waals surface area contributed by atoms with Gasteiger partial charge in [0.05, 0.1) is 6.61 Å². The van der Waals surface area contributed by atoms with Gasteiger partial charge in [-0.15, -0.1) is 0 Å². The van der Waals surface area contributed by atoms with Crippen molar-refractivity contribution in [2.75, 3.05) is 13.2 Å². The molecule has 0 spiro atoms. The SMILES string of the molecule is CCCNC(CC1CC1)c1ccc(OCC)cc1Br. The average Bonchev–Trinajstić information content (AvgIpc) is 3.19. The fourth-order valence-electron chi connectivity index (χ4n) is 2.37. The molecule has 1 atom stereocenters. The third-order valence-electron chi connectivity index (χ3n) is 3.57. The Morgan fingerprint density at radius 1 is 1.37 bits per heavy atom. The van der Waals surface area contributed by atoms with E-state index in [0.29, 0.717) is 12.6 Å². The average molecular weight is 326 g/mol. The Morgan fingerprint density at radius 3 is 2.74 bits per heavy atom. The molecule has 19 heavy (non-hydrogen) atoms. The first-order chi connectivity index (χ1) is 9.24. The molecule has 1 unspecified atom stereocenters. The van der Waals surface area contributed by atoms with Gasteiger partial charge in [-0.25, -0.2) is 0 Å². The maximum Gasteiger partial charge on any atom is 0.120 e. The summed E-state index contributed by atoms with van der Waals surface area (Å²) in [5.41, 5.74) is 1.36. The number of rotatable bonds is 8. The van der Waals surface area contributed by atoms with Gasteiger partial charge in [0.25, 0.3) is 0 Å². The second-order valence-corrected chi connectivity index (χ2v) is 6.16. The summed E-state index contributed by atoms with van der Waals surface area (Å²) >= 11 is 3.70. The number of ether oxygens (including phenoxy) is 1. The molecule has 1 fully saturated rings. The van der Waals surface area contributed by atoms with E-state index in [0.717, 1.165) is 22.7 Å². The predicted octanol–water partition coefficient (Wildman–Crippen LogP) is 4.69. The minimum atomic E-state index is 0.470. The Labute approximate surface area is 125 Å². The van der Waals surface area contributed by atoms with Crippen molar-refractivity contribution in [3.05, 3.63) is 28.2 Å². The highest BCUT2D eigenvalue weighted by atomic mass is 79.9. The highest BCUT2D eigenvalue weighted by molar-refractivity contribution is 9.10. The molecule has 0 aromatic heterocycles. The molecule has 1 saturated carbocycles. The van der Waals surface area contributed by atoms with Crippen LogP contribution in [0.4, 0.5) is 0 Å². The molecule has 1 N–H and O–H groups in total. The monoisotopic (exact) mass is 325 g/mol. The van der Waals surface area contributed by atoms with Crippen molar-refractivity contribution in [3.8, 4) is 5.75 Å². The zero-order valence-electron chi connectivity index (χ0n) is 11.9. The van der Waals surface area contributed by atoms with Gasteiger partial charge < -0.3 is 10.1 Å². The lowest BCUT2D eigenvalue weighted by Crippen LogP contribution is -2.23. The quantitative estimate of drug-likeness (QED) is 0.748. The van der Waals surface area contributed by atoms with Gasteiger partial charge in [-0.3, -0.25) is 0 Å². The second-order valence-electron chi connectivity index (χ2n) is 5.30. The number of hydrogen-bond donors (Lipinski definition) is 1. The van der Waals surface area contributed by atoms with Crippen LogP contribution in [0.3, 0.4) is 0 Å². The van der Waals surface area contributed by atoms with E-state index in [4.69, 9.17) is 4.74 Å². The number of halogens is 1. The lowest BCUT2D eigenvalue weighted by Gasteiger charge is -2.20. The van der Waals surface area contributed by atoms with Crippen molar-refractivity contribution in [2.45, 2.75) is 45.6 Å². The van der Waals surface area contributed by atoms with Crippen LogP contribution in [0.25, 0.3) is 0 Å². The molecule has 0 aliphatic heterocycles. The molecule has 0 heterocycles.